The summed E-state index contributed by atoms with van der Waals surface area (Å²) in [5, 5.41) is 15.1. The number of hydrogen-bond donors (Lipinski definition) is 0. The lowest BCUT2D eigenvalue weighted by Crippen LogP contribution is -2.00. The van der Waals surface area contributed by atoms with Gasteiger partial charge in [-0.3, -0.25) is 0 Å². The number of nitrogens with zero attached hydrogens (tertiary/aromatic N) is 3. The second-order valence-corrected chi connectivity index (χ2v) is 17.8. The maximum Gasteiger partial charge on any atom is 0.181 e. The van der Waals surface area contributed by atoms with Gasteiger partial charge >= 0.3 is 0 Å². The van der Waals surface area contributed by atoms with Crippen molar-refractivity contribution in [3.63, 3.8) is 0 Å². The zero-order valence-electron chi connectivity index (χ0n) is 36.3. The molecule has 12 aromatic carbocycles. The van der Waals surface area contributed by atoms with E-state index in [2.05, 4.69) is 216 Å². The van der Waals surface area contributed by atoms with Crippen LogP contribution in [-0.2, 0) is 6.54 Å². The van der Waals surface area contributed by atoms with Gasteiger partial charge in [-0.1, -0.05) is 158 Å². The number of aromatic nitrogens is 3. The van der Waals surface area contributed by atoms with Crippen LogP contribution in [0.3, 0.4) is 0 Å². The number of hydrogen-bond acceptors (Lipinski definition) is 3. The lowest BCUT2D eigenvalue weighted by molar-refractivity contribution is 0.602. The summed E-state index contributed by atoms with van der Waals surface area (Å²) >= 11 is 0. The number of rotatable bonds is 6. The SMILES string of the molecule is c1cc(-c2ccc3ncoc3c2)cc(-c2ccc3ccc4c(Cn5cnc6ccc(-c7cccc(-c8ccc9ccc%10ccc%11ccccc%11c%10c9c8)c7)cc65)cc5ccccc5c4c3c2)c1. The summed E-state index contributed by atoms with van der Waals surface area (Å²) in [7, 11) is 0. The molecular weight excluding hydrogens is 815 g/mol. The van der Waals surface area contributed by atoms with Gasteiger partial charge in [0, 0.05) is 6.54 Å². The third-order valence-electron chi connectivity index (χ3n) is 14.0. The highest BCUT2D eigenvalue weighted by molar-refractivity contribution is 6.22. The molecule has 0 saturated carbocycles. The minimum atomic E-state index is 0.684. The molecule has 2 aromatic heterocycles. The number of oxazole rings is 1. The van der Waals surface area contributed by atoms with Gasteiger partial charge in [-0.25, -0.2) is 9.97 Å². The highest BCUT2D eigenvalue weighted by Gasteiger charge is 2.15. The zero-order chi connectivity index (χ0) is 44.0. The van der Waals surface area contributed by atoms with Crippen LogP contribution in [0.4, 0.5) is 0 Å². The second kappa shape index (κ2) is 14.8. The first-order valence-corrected chi connectivity index (χ1v) is 22.9. The Morgan fingerprint density at radius 2 is 0.866 bits per heavy atom. The van der Waals surface area contributed by atoms with E-state index in [1.54, 1.807) is 0 Å². The molecule has 14 aromatic rings. The van der Waals surface area contributed by atoms with E-state index >= 15 is 0 Å². The highest BCUT2D eigenvalue weighted by atomic mass is 16.3. The molecule has 0 fully saturated rings. The molecule has 0 unspecified atom stereocenters. The number of fused-ring (bicyclic) bond motifs is 12. The normalized spacial score (nSPS) is 11.9. The molecule has 0 aliphatic heterocycles. The summed E-state index contributed by atoms with van der Waals surface area (Å²) in [5.41, 5.74) is 14.3. The Hall–Kier alpha value is -8.86. The molecular formula is C63H39N3O. The molecule has 2 heterocycles. The van der Waals surface area contributed by atoms with Crippen molar-refractivity contribution in [2.75, 3.05) is 0 Å². The number of benzene rings is 12. The fourth-order valence-corrected chi connectivity index (χ4v) is 10.6. The van der Waals surface area contributed by atoms with Crippen molar-refractivity contribution >= 4 is 86.8 Å². The minimum Gasteiger partial charge on any atom is -0.443 e. The first-order valence-electron chi connectivity index (χ1n) is 22.9. The van der Waals surface area contributed by atoms with E-state index < -0.39 is 0 Å². The summed E-state index contributed by atoms with van der Waals surface area (Å²) in [6.45, 7) is 0.684. The molecule has 0 amide bonds. The molecule has 0 spiro atoms. The Balaban J connectivity index is 0.843. The van der Waals surface area contributed by atoms with E-state index in [0.717, 1.165) is 38.8 Å². The van der Waals surface area contributed by atoms with Crippen LogP contribution in [0.25, 0.3) is 131 Å². The average Bonchev–Trinajstić information content (AvgIpc) is 4.04. The van der Waals surface area contributed by atoms with Gasteiger partial charge in [0.25, 0.3) is 0 Å². The standard InChI is InChI=1S/C63H39N3O/c1-3-13-53-39(7-1)15-19-42-20-16-40-17-21-47(32-56(40)62(42)53)43-9-5-11-45(29-43)49-24-27-58-60(34-49)66(37-64-58)36-52-31-51-8-2-4-14-54(51)63-55(52)26-23-41-18-22-48(33-57(41)63)44-10-6-12-46(30-44)50-25-28-59-61(35-50)67-38-65-59/h1-35,37-38H,36H2. The molecule has 312 valence electrons. The third kappa shape index (κ3) is 6.22. The predicted molar refractivity (Wildman–Crippen MR) is 280 cm³/mol. The van der Waals surface area contributed by atoms with Gasteiger partial charge in [0.1, 0.15) is 5.52 Å². The van der Waals surface area contributed by atoms with Crippen molar-refractivity contribution in [3.05, 3.63) is 231 Å². The zero-order valence-corrected chi connectivity index (χ0v) is 36.3. The van der Waals surface area contributed by atoms with Crippen LogP contribution in [0.5, 0.6) is 0 Å². The van der Waals surface area contributed by atoms with E-state index in [1.807, 2.05) is 12.4 Å². The molecule has 0 saturated heterocycles. The monoisotopic (exact) mass is 853 g/mol. The van der Waals surface area contributed by atoms with E-state index in [4.69, 9.17) is 9.40 Å². The largest absolute Gasteiger partial charge is 0.443 e. The van der Waals surface area contributed by atoms with Crippen molar-refractivity contribution in [3.8, 4) is 44.5 Å². The average molecular weight is 854 g/mol. The quantitative estimate of drug-likeness (QED) is 0.157. The fourth-order valence-electron chi connectivity index (χ4n) is 10.6. The smallest absolute Gasteiger partial charge is 0.181 e. The molecule has 0 aliphatic carbocycles. The maximum absolute atomic E-state index is 5.64. The van der Waals surface area contributed by atoms with Gasteiger partial charge in [-0.05, 0) is 169 Å². The van der Waals surface area contributed by atoms with Gasteiger partial charge in [0.15, 0.2) is 12.0 Å². The van der Waals surface area contributed by atoms with Crippen LogP contribution in [0, 0.1) is 0 Å². The second-order valence-electron chi connectivity index (χ2n) is 17.8. The predicted octanol–water partition coefficient (Wildman–Crippen LogP) is 16.8. The fraction of sp³-hybridized carbons (Fsp3) is 0.0159. The molecule has 67 heavy (non-hydrogen) atoms. The summed E-state index contributed by atoms with van der Waals surface area (Å²) in [5.74, 6) is 0. The Labute approximate surface area is 385 Å². The molecule has 0 N–H and O–H groups in total. The van der Waals surface area contributed by atoms with Crippen LogP contribution >= 0.6 is 0 Å². The maximum atomic E-state index is 5.64. The Morgan fingerprint density at radius 3 is 1.58 bits per heavy atom. The summed E-state index contributed by atoms with van der Waals surface area (Å²) < 4.78 is 7.95. The topological polar surface area (TPSA) is 43.9 Å². The third-order valence-corrected chi connectivity index (χ3v) is 14.0. The van der Waals surface area contributed by atoms with E-state index in [1.165, 1.54) is 104 Å². The van der Waals surface area contributed by atoms with Gasteiger partial charge < -0.3 is 8.98 Å². The summed E-state index contributed by atoms with van der Waals surface area (Å²) in [4.78, 5) is 9.23. The van der Waals surface area contributed by atoms with Crippen LogP contribution in [-0.4, -0.2) is 14.5 Å². The van der Waals surface area contributed by atoms with Gasteiger partial charge in [0.2, 0.25) is 0 Å². The van der Waals surface area contributed by atoms with Gasteiger partial charge in [-0.2, -0.15) is 0 Å². The Bertz CT molecular complexity index is 4320. The van der Waals surface area contributed by atoms with Crippen molar-refractivity contribution in [1.82, 2.24) is 14.5 Å². The molecule has 0 radical (unpaired) electrons. The van der Waals surface area contributed by atoms with Crippen molar-refractivity contribution in [2.45, 2.75) is 6.54 Å². The van der Waals surface area contributed by atoms with E-state index in [9.17, 15) is 0 Å². The molecule has 0 bridgehead atoms. The van der Waals surface area contributed by atoms with Crippen LogP contribution < -0.4 is 0 Å². The van der Waals surface area contributed by atoms with Gasteiger partial charge in [0.05, 0.1) is 17.4 Å². The molecule has 0 atom stereocenters. The van der Waals surface area contributed by atoms with Crippen LogP contribution in [0.15, 0.2) is 229 Å². The molecule has 4 nitrogen and oxygen atoms in total. The minimum absolute atomic E-state index is 0.684. The summed E-state index contributed by atoms with van der Waals surface area (Å²) in [6, 6.07) is 77.9. The molecule has 14 rings (SSSR count). The van der Waals surface area contributed by atoms with Gasteiger partial charge in [-0.15, -0.1) is 0 Å². The Kier molecular flexibility index (Phi) is 8.31. The first kappa shape index (κ1) is 37.5. The lowest BCUT2D eigenvalue weighted by atomic mass is 9.91. The van der Waals surface area contributed by atoms with E-state index in [-0.39, 0.29) is 0 Å². The van der Waals surface area contributed by atoms with Crippen LogP contribution in [0.2, 0.25) is 0 Å². The Morgan fingerprint density at radius 1 is 0.343 bits per heavy atom. The molecule has 4 heteroatoms. The first-order chi connectivity index (χ1) is 33.1. The van der Waals surface area contributed by atoms with Crippen LogP contribution in [0.1, 0.15) is 5.56 Å². The summed E-state index contributed by atoms with van der Waals surface area (Å²) in [6.07, 6.45) is 3.50. The number of imidazole rings is 1. The van der Waals surface area contributed by atoms with Crippen molar-refractivity contribution in [1.29, 1.82) is 0 Å². The molecule has 0 aliphatic rings. The van der Waals surface area contributed by atoms with Crippen molar-refractivity contribution in [2.24, 2.45) is 0 Å². The van der Waals surface area contributed by atoms with Crippen molar-refractivity contribution < 1.29 is 4.42 Å². The van der Waals surface area contributed by atoms with E-state index in [0.29, 0.717) is 6.54 Å². The highest BCUT2D eigenvalue weighted by Crippen LogP contribution is 2.40. The lowest BCUT2D eigenvalue weighted by Gasteiger charge is -2.15.